The van der Waals surface area contributed by atoms with Gasteiger partial charge in [-0.15, -0.1) is 11.3 Å². The van der Waals surface area contributed by atoms with Crippen LogP contribution in [-0.4, -0.2) is 0 Å². The van der Waals surface area contributed by atoms with Gasteiger partial charge < -0.3 is 0 Å². The molecule has 0 fully saturated rings. The molecule has 0 amide bonds. The van der Waals surface area contributed by atoms with E-state index in [1.807, 2.05) is 23.5 Å². The number of benzene rings is 4. The molecule has 0 bridgehead atoms. The first kappa shape index (κ1) is 8.89. The Hall–Kier alpha value is -2.12. The van der Waals surface area contributed by atoms with Crippen LogP contribution in [0.25, 0.3) is 41.7 Å². The van der Waals surface area contributed by atoms with Gasteiger partial charge in [-0.25, -0.2) is 0 Å². The Morgan fingerprint density at radius 3 is 2.00 bits per heavy atom. The summed E-state index contributed by atoms with van der Waals surface area (Å²) >= 11 is 1.85. The zero-order valence-corrected chi connectivity index (χ0v) is 10.9. The van der Waals surface area contributed by atoms with Gasteiger partial charge in [0.1, 0.15) is 0 Å². The van der Waals surface area contributed by atoms with Crippen LogP contribution in [0.5, 0.6) is 0 Å². The summed E-state index contributed by atoms with van der Waals surface area (Å²) in [6, 6.07) is 19.6. The molecule has 5 aromatic rings. The number of fused-ring (bicyclic) bond motifs is 3. The van der Waals surface area contributed by atoms with Crippen molar-refractivity contribution in [3.05, 3.63) is 60.6 Å². The summed E-state index contributed by atoms with van der Waals surface area (Å²) in [5.74, 6) is 0. The van der Waals surface area contributed by atoms with E-state index >= 15 is 0 Å². The van der Waals surface area contributed by atoms with Crippen LogP contribution in [0, 0.1) is 0 Å². The number of hydrogen-bond acceptors (Lipinski definition) is 1. The third kappa shape index (κ3) is 1.09. The molecule has 5 rings (SSSR count). The Balaban J connectivity index is 2.34. The summed E-state index contributed by atoms with van der Waals surface area (Å²) in [5, 5.41) is 7.46. The lowest BCUT2D eigenvalue weighted by Crippen LogP contribution is -1.80. The van der Waals surface area contributed by atoms with Crippen LogP contribution in [0.1, 0.15) is 1.37 Å². The molecule has 0 aliphatic rings. The maximum absolute atomic E-state index is 8.30. The minimum atomic E-state index is 0.615. The van der Waals surface area contributed by atoms with Crippen LogP contribution in [0.4, 0.5) is 0 Å². The molecule has 1 aromatic heterocycles. The molecule has 0 saturated heterocycles. The predicted octanol–water partition coefficient (Wildman–Crippen LogP) is 5.80. The molecule has 0 nitrogen and oxygen atoms in total. The molecule has 0 N–H and O–H groups in total. The van der Waals surface area contributed by atoms with E-state index in [0.29, 0.717) is 6.04 Å². The van der Waals surface area contributed by atoms with Crippen LogP contribution in [0.15, 0.2) is 60.6 Å². The van der Waals surface area contributed by atoms with Gasteiger partial charge in [-0.3, -0.25) is 0 Å². The van der Waals surface area contributed by atoms with E-state index in [1.54, 1.807) is 0 Å². The Morgan fingerprint density at radius 2 is 1.26 bits per heavy atom. The zero-order chi connectivity index (χ0) is 13.3. The van der Waals surface area contributed by atoms with E-state index in [9.17, 15) is 0 Å². The predicted molar refractivity (Wildman–Crippen MR) is 85.5 cm³/mol. The van der Waals surface area contributed by atoms with Crippen LogP contribution >= 0.6 is 11.3 Å². The van der Waals surface area contributed by atoms with E-state index in [4.69, 9.17) is 1.37 Å². The smallest absolute Gasteiger partial charge is 0.0629 e. The highest BCUT2D eigenvalue weighted by atomic mass is 32.1. The lowest BCUT2D eigenvalue weighted by atomic mass is 9.95. The molecule has 4 aromatic carbocycles. The van der Waals surface area contributed by atoms with Gasteiger partial charge in [0.05, 0.1) is 1.37 Å². The molecule has 0 atom stereocenters. The fourth-order valence-corrected chi connectivity index (χ4v) is 4.34. The van der Waals surface area contributed by atoms with Gasteiger partial charge >= 0.3 is 0 Å². The maximum atomic E-state index is 8.30. The Bertz CT molecular complexity index is 1100. The zero-order valence-electron chi connectivity index (χ0n) is 11.1. The van der Waals surface area contributed by atoms with Gasteiger partial charge in [0.25, 0.3) is 0 Å². The number of hydrogen-bond donors (Lipinski definition) is 0. The second-order valence-corrected chi connectivity index (χ2v) is 6.00. The largest absolute Gasteiger partial charge is 0.135 e. The topological polar surface area (TPSA) is 0 Å². The molecule has 0 unspecified atom stereocenters. The Morgan fingerprint density at radius 1 is 0.632 bits per heavy atom. The van der Waals surface area contributed by atoms with Crippen LogP contribution in [-0.2, 0) is 0 Å². The van der Waals surface area contributed by atoms with E-state index in [0.717, 1.165) is 5.39 Å². The van der Waals surface area contributed by atoms with Crippen molar-refractivity contribution in [2.24, 2.45) is 0 Å². The highest BCUT2D eigenvalue weighted by molar-refractivity contribution is 7.26. The summed E-state index contributed by atoms with van der Waals surface area (Å²) < 4.78 is 11.0. The second kappa shape index (κ2) is 3.25. The lowest BCUT2D eigenvalue weighted by molar-refractivity contribution is 1.82. The first-order valence-electron chi connectivity index (χ1n) is 6.89. The van der Waals surface area contributed by atoms with Crippen molar-refractivity contribution >= 4 is 53.1 Å². The summed E-state index contributed by atoms with van der Waals surface area (Å²) in [6.45, 7) is 0. The Kier molecular flexibility index (Phi) is 1.52. The van der Waals surface area contributed by atoms with Gasteiger partial charge in [-0.2, -0.15) is 0 Å². The average Bonchev–Trinajstić information content (AvgIpc) is 2.85. The maximum Gasteiger partial charge on any atom is 0.0629 e. The summed E-state index contributed by atoms with van der Waals surface area (Å²) in [6.07, 6.45) is 0. The van der Waals surface area contributed by atoms with E-state index in [1.165, 1.54) is 36.3 Å². The quantitative estimate of drug-likeness (QED) is 0.308. The van der Waals surface area contributed by atoms with Gasteiger partial charge in [0.15, 0.2) is 0 Å². The molecular formula is C18H10S. The summed E-state index contributed by atoms with van der Waals surface area (Å²) in [7, 11) is 0. The number of thiophene rings is 1. The van der Waals surface area contributed by atoms with Gasteiger partial charge in [-0.1, -0.05) is 48.5 Å². The summed E-state index contributed by atoms with van der Waals surface area (Å²) in [4.78, 5) is 0. The molecule has 1 heterocycles. The molecule has 1 heteroatoms. The molecule has 19 heavy (non-hydrogen) atoms. The third-order valence-electron chi connectivity index (χ3n) is 3.94. The van der Waals surface area contributed by atoms with Crippen LogP contribution in [0.2, 0.25) is 0 Å². The molecule has 88 valence electrons. The van der Waals surface area contributed by atoms with E-state index in [2.05, 4.69) is 42.5 Å². The minimum absolute atomic E-state index is 0.615. The molecule has 0 saturated carbocycles. The minimum Gasteiger partial charge on any atom is -0.135 e. The first-order chi connectivity index (χ1) is 9.84. The van der Waals surface area contributed by atoms with Crippen molar-refractivity contribution in [2.45, 2.75) is 0 Å². The van der Waals surface area contributed by atoms with Crippen molar-refractivity contribution in [3.8, 4) is 0 Å². The number of rotatable bonds is 0. The van der Waals surface area contributed by atoms with Gasteiger partial charge in [0, 0.05) is 20.2 Å². The van der Waals surface area contributed by atoms with Crippen LogP contribution < -0.4 is 0 Å². The fourth-order valence-electron chi connectivity index (χ4n) is 3.18. The monoisotopic (exact) mass is 259 g/mol. The third-order valence-corrected chi connectivity index (χ3v) is 5.06. The molecule has 0 aliphatic carbocycles. The van der Waals surface area contributed by atoms with Crippen molar-refractivity contribution in [1.29, 1.82) is 0 Å². The lowest BCUT2D eigenvalue weighted by Gasteiger charge is -2.08. The SMILES string of the molecule is [2H]c1cccc2c3cccc4sc5cccc(c12)c5c43. The molecular weight excluding hydrogens is 248 g/mol. The normalized spacial score (nSPS) is 12.9. The second-order valence-electron chi connectivity index (χ2n) is 4.92. The van der Waals surface area contributed by atoms with Gasteiger partial charge in [-0.05, 0) is 33.7 Å². The van der Waals surface area contributed by atoms with Crippen molar-refractivity contribution in [3.63, 3.8) is 0 Å². The molecule has 0 spiro atoms. The average molecular weight is 259 g/mol. The highest BCUT2D eigenvalue weighted by Crippen LogP contribution is 2.44. The standard InChI is InChI=1S/C18H10S/c1-2-6-12-11(5-1)13-7-3-9-15-17(13)18-14(12)8-4-10-16(18)19-15/h1-10H/i5D. The summed E-state index contributed by atoms with van der Waals surface area (Å²) in [5.41, 5.74) is 0. The van der Waals surface area contributed by atoms with Crippen LogP contribution in [0.3, 0.4) is 0 Å². The van der Waals surface area contributed by atoms with Crippen molar-refractivity contribution < 1.29 is 1.37 Å². The van der Waals surface area contributed by atoms with Crippen molar-refractivity contribution in [2.75, 3.05) is 0 Å². The highest BCUT2D eigenvalue weighted by Gasteiger charge is 2.14. The van der Waals surface area contributed by atoms with Crippen molar-refractivity contribution in [1.82, 2.24) is 0 Å². The Labute approximate surface area is 115 Å². The first-order valence-corrected chi connectivity index (χ1v) is 7.21. The van der Waals surface area contributed by atoms with Gasteiger partial charge in [0.2, 0.25) is 0 Å². The van der Waals surface area contributed by atoms with E-state index in [-0.39, 0.29) is 0 Å². The molecule has 0 radical (unpaired) electrons. The molecule has 0 aliphatic heterocycles. The fraction of sp³-hybridized carbons (Fsp3) is 0. The van der Waals surface area contributed by atoms with E-state index < -0.39 is 0 Å².